The van der Waals surface area contributed by atoms with E-state index in [0.29, 0.717) is 11.7 Å². The smallest absolute Gasteiger partial charge is 0.226 e. The SMILES string of the molecule is CCCc1nc(C2(N)CCN(C)CC2)no1. The van der Waals surface area contributed by atoms with Crippen molar-refractivity contribution in [2.24, 2.45) is 5.73 Å². The molecule has 2 heterocycles. The lowest BCUT2D eigenvalue weighted by Crippen LogP contribution is -2.47. The minimum Gasteiger partial charge on any atom is -0.339 e. The van der Waals surface area contributed by atoms with Gasteiger partial charge in [-0.3, -0.25) is 0 Å². The first kappa shape index (κ1) is 11.5. The molecule has 1 saturated heterocycles. The van der Waals surface area contributed by atoms with E-state index >= 15 is 0 Å². The van der Waals surface area contributed by atoms with E-state index in [0.717, 1.165) is 38.8 Å². The highest BCUT2D eigenvalue weighted by Gasteiger charge is 2.35. The Morgan fingerprint density at radius 1 is 1.44 bits per heavy atom. The standard InChI is InChI=1S/C11H20N4O/c1-3-4-9-13-10(14-16-9)11(12)5-7-15(2)8-6-11/h3-8,12H2,1-2H3. The van der Waals surface area contributed by atoms with Gasteiger partial charge in [0.05, 0.1) is 5.54 Å². The van der Waals surface area contributed by atoms with Gasteiger partial charge in [0.1, 0.15) is 0 Å². The summed E-state index contributed by atoms with van der Waals surface area (Å²) in [6, 6.07) is 0. The van der Waals surface area contributed by atoms with Crippen molar-refractivity contribution < 1.29 is 4.52 Å². The zero-order valence-corrected chi connectivity index (χ0v) is 10.1. The molecule has 2 N–H and O–H groups in total. The first-order valence-electron chi connectivity index (χ1n) is 5.94. The van der Waals surface area contributed by atoms with Crippen LogP contribution in [0.4, 0.5) is 0 Å². The molecule has 0 amide bonds. The van der Waals surface area contributed by atoms with Crippen LogP contribution in [-0.2, 0) is 12.0 Å². The van der Waals surface area contributed by atoms with Gasteiger partial charge in [-0.05, 0) is 26.3 Å². The zero-order valence-electron chi connectivity index (χ0n) is 10.1. The van der Waals surface area contributed by atoms with Gasteiger partial charge in [-0.1, -0.05) is 12.1 Å². The van der Waals surface area contributed by atoms with Crippen LogP contribution in [0, 0.1) is 0 Å². The molecule has 0 saturated carbocycles. The molecular weight excluding hydrogens is 204 g/mol. The van der Waals surface area contributed by atoms with Crippen LogP contribution >= 0.6 is 0 Å². The molecule has 1 aromatic rings. The topological polar surface area (TPSA) is 68.2 Å². The second-order valence-corrected chi connectivity index (χ2v) is 4.72. The maximum absolute atomic E-state index is 6.34. The van der Waals surface area contributed by atoms with Crippen LogP contribution in [0.5, 0.6) is 0 Å². The van der Waals surface area contributed by atoms with E-state index in [-0.39, 0.29) is 5.54 Å². The molecule has 0 bridgehead atoms. The molecular formula is C11H20N4O. The van der Waals surface area contributed by atoms with Gasteiger partial charge in [0.15, 0.2) is 5.82 Å². The van der Waals surface area contributed by atoms with Gasteiger partial charge in [-0.2, -0.15) is 4.98 Å². The monoisotopic (exact) mass is 224 g/mol. The molecule has 1 aliphatic heterocycles. The third kappa shape index (κ3) is 2.25. The summed E-state index contributed by atoms with van der Waals surface area (Å²) >= 11 is 0. The highest BCUT2D eigenvalue weighted by atomic mass is 16.5. The number of hydrogen-bond acceptors (Lipinski definition) is 5. The highest BCUT2D eigenvalue weighted by molar-refractivity contribution is 5.06. The fourth-order valence-electron chi connectivity index (χ4n) is 2.01. The van der Waals surface area contributed by atoms with Gasteiger partial charge >= 0.3 is 0 Å². The van der Waals surface area contributed by atoms with E-state index in [9.17, 15) is 0 Å². The Kier molecular flexibility index (Phi) is 3.25. The molecule has 0 aromatic carbocycles. The predicted molar refractivity (Wildman–Crippen MR) is 60.9 cm³/mol. The van der Waals surface area contributed by atoms with Gasteiger partial charge in [-0.25, -0.2) is 0 Å². The second-order valence-electron chi connectivity index (χ2n) is 4.72. The average molecular weight is 224 g/mol. The van der Waals surface area contributed by atoms with Crippen LogP contribution in [0.1, 0.15) is 37.9 Å². The van der Waals surface area contributed by atoms with Crippen molar-refractivity contribution in [2.45, 2.75) is 38.1 Å². The number of likely N-dealkylation sites (tertiary alicyclic amines) is 1. The molecule has 90 valence electrons. The number of aromatic nitrogens is 2. The lowest BCUT2D eigenvalue weighted by Gasteiger charge is -2.35. The number of aryl methyl sites for hydroxylation is 1. The van der Waals surface area contributed by atoms with Crippen molar-refractivity contribution in [1.82, 2.24) is 15.0 Å². The fraction of sp³-hybridized carbons (Fsp3) is 0.818. The summed E-state index contributed by atoms with van der Waals surface area (Å²) in [5.74, 6) is 1.39. The lowest BCUT2D eigenvalue weighted by molar-refractivity contribution is 0.181. The van der Waals surface area contributed by atoms with Gasteiger partial charge in [0.2, 0.25) is 5.89 Å². The molecule has 0 unspecified atom stereocenters. The molecule has 0 radical (unpaired) electrons. The van der Waals surface area contributed by atoms with Crippen LogP contribution in [0.2, 0.25) is 0 Å². The first-order valence-corrected chi connectivity index (χ1v) is 5.94. The van der Waals surface area contributed by atoms with Crippen molar-refractivity contribution in [2.75, 3.05) is 20.1 Å². The quantitative estimate of drug-likeness (QED) is 0.826. The Hall–Kier alpha value is -0.940. The van der Waals surface area contributed by atoms with Crippen molar-refractivity contribution in [3.63, 3.8) is 0 Å². The highest BCUT2D eigenvalue weighted by Crippen LogP contribution is 2.27. The Morgan fingerprint density at radius 3 is 2.75 bits per heavy atom. The van der Waals surface area contributed by atoms with E-state index in [1.54, 1.807) is 0 Å². The Bertz CT molecular complexity index is 342. The summed E-state index contributed by atoms with van der Waals surface area (Å²) in [4.78, 5) is 6.68. The van der Waals surface area contributed by atoms with Gasteiger partial charge < -0.3 is 15.2 Å². The third-order valence-electron chi connectivity index (χ3n) is 3.26. The van der Waals surface area contributed by atoms with E-state index in [1.165, 1.54) is 0 Å². The third-order valence-corrected chi connectivity index (χ3v) is 3.26. The van der Waals surface area contributed by atoms with E-state index in [2.05, 4.69) is 29.0 Å². The van der Waals surface area contributed by atoms with Crippen LogP contribution in [-0.4, -0.2) is 35.2 Å². The Balaban J connectivity index is 2.09. The lowest BCUT2D eigenvalue weighted by atomic mass is 9.88. The Morgan fingerprint density at radius 2 is 2.12 bits per heavy atom. The number of piperidine rings is 1. The van der Waals surface area contributed by atoms with E-state index in [1.807, 2.05) is 0 Å². The maximum atomic E-state index is 6.34. The Labute approximate surface area is 96.0 Å². The van der Waals surface area contributed by atoms with Gasteiger partial charge in [-0.15, -0.1) is 0 Å². The summed E-state index contributed by atoms with van der Waals surface area (Å²) in [7, 11) is 2.11. The maximum Gasteiger partial charge on any atom is 0.226 e. The predicted octanol–water partition coefficient (Wildman–Crippen LogP) is 0.902. The minimum atomic E-state index is -0.387. The number of nitrogens with zero attached hydrogens (tertiary/aromatic N) is 3. The molecule has 0 aliphatic carbocycles. The molecule has 2 rings (SSSR count). The van der Waals surface area contributed by atoms with Crippen molar-refractivity contribution in [1.29, 1.82) is 0 Å². The molecule has 0 atom stereocenters. The molecule has 1 aliphatic rings. The van der Waals surface area contributed by atoms with Crippen molar-refractivity contribution in [3.05, 3.63) is 11.7 Å². The second kappa shape index (κ2) is 4.51. The molecule has 16 heavy (non-hydrogen) atoms. The van der Waals surface area contributed by atoms with Crippen molar-refractivity contribution in [3.8, 4) is 0 Å². The van der Waals surface area contributed by atoms with Crippen LogP contribution < -0.4 is 5.73 Å². The summed E-state index contributed by atoms with van der Waals surface area (Å²) < 4.78 is 5.20. The summed E-state index contributed by atoms with van der Waals surface area (Å²) in [6.07, 6.45) is 3.65. The van der Waals surface area contributed by atoms with E-state index < -0.39 is 0 Å². The average Bonchev–Trinajstić information content (AvgIpc) is 2.73. The van der Waals surface area contributed by atoms with Crippen molar-refractivity contribution >= 4 is 0 Å². The van der Waals surface area contributed by atoms with E-state index in [4.69, 9.17) is 10.3 Å². The van der Waals surface area contributed by atoms with Crippen LogP contribution in [0.25, 0.3) is 0 Å². The van der Waals surface area contributed by atoms with Gasteiger partial charge in [0, 0.05) is 19.5 Å². The molecule has 5 nitrogen and oxygen atoms in total. The number of nitrogens with two attached hydrogens (primary N) is 1. The summed E-state index contributed by atoms with van der Waals surface area (Å²) in [5, 5.41) is 4.03. The molecule has 5 heteroatoms. The largest absolute Gasteiger partial charge is 0.339 e. The first-order chi connectivity index (χ1) is 7.64. The summed E-state index contributed by atoms with van der Waals surface area (Å²) in [6.45, 7) is 4.08. The summed E-state index contributed by atoms with van der Waals surface area (Å²) in [5.41, 5.74) is 5.95. The van der Waals surface area contributed by atoms with Gasteiger partial charge in [0.25, 0.3) is 0 Å². The molecule has 1 fully saturated rings. The number of rotatable bonds is 3. The minimum absolute atomic E-state index is 0.387. The zero-order chi connectivity index (χ0) is 11.6. The van der Waals surface area contributed by atoms with Crippen LogP contribution in [0.3, 0.4) is 0 Å². The fourth-order valence-corrected chi connectivity index (χ4v) is 2.01. The normalized spacial score (nSPS) is 21.2. The molecule has 1 aromatic heterocycles. The molecule has 0 spiro atoms. The number of hydrogen-bond donors (Lipinski definition) is 1. The van der Waals surface area contributed by atoms with Crippen LogP contribution in [0.15, 0.2) is 4.52 Å².